The lowest BCUT2D eigenvalue weighted by molar-refractivity contribution is 0.354. The van der Waals surface area contributed by atoms with Gasteiger partial charge in [0.2, 0.25) is 26.6 Å². The van der Waals surface area contributed by atoms with Crippen LogP contribution in [-0.2, 0) is 16.3 Å². The van der Waals surface area contributed by atoms with Gasteiger partial charge >= 0.3 is 0 Å². The van der Waals surface area contributed by atoms with Crippen LogP contribution in [0, 0.1) is 5.82 Å². The number of halogens is 2. The summed E-state index contributed by atoms with van der Waals surface area (Å²) in [6, 6.07) is 16.7. The molecule has 10 heteroatoms. The second kappa shape index (κ2) is 10.4. The summed E-state index contributed by atoms with van der Waals surface area (Å²) in [6.45, 7) is 0.344. The fourth-order valence-electron chi connectivity index (χ4n) is 3.40. The number of hydrogen-bond acceptors (Lipinski definition) is 7. The second-order valence-corrected chi connectivity index (χ2v) is 9.79. The Hall–Kier alpha value is -3.56. The van der Waals surface area contributed by atoms with Crippen LogP contribution in [-0.4, -0.2) is 34.2 Å². The molecule has 182 valence electrons. The third-order valence-electron chi connectivity index (χ3n) is 5.21. The lowest BCUT2D eigenvalue weighted by Crippen LogP contribution is -2.10. The minimum Gasteiger partial charge on any atom is -0.493 e. The van der Waals surface area contributed by atoms with E-state index in [9.17, 15) is 12.8 Å². The summed E-state index contributed by atoms with van der Waals surface area (Å²) >= 11 is 5.96. The number of nitrogens with one attached hydrogen (secondary N) is 1. The maximum atomic E-state index is 13.4. The predicted octanol–water partition coefficient (Wildman–Crippen LogP) is 5.64. The number of sulfone groups is 1. The van der Waals surface area contributed by atoms with Gasteiger partial charge in [-0.1, -0.05) is 17.7 Å². The fraction of sp³-hybridized carbons (Fsp3) is 0.160. The van der Waals surface area contributed by atoms with E-state index in [0.29, 0.717) is 35.1 Å². The highest BCUT2D eigenvalue weighted by Crippen LogP contribution is 2.33. The Kier molecular flexibility index (Phi) is 7.28. The maximum Gasteiger partial charge on any atom is 0.233 e. The number of aromatic nitrogens is 1. The number of anilines is 1. The summed E-state index contributed by atoms with van der Waals surface area (Å²) in [5.74, 6) is 0.754. The number of nitrogens with zero attached hydrogens (tertiary/aromatic N) is 1. The first-order chi connectivity index (χ1) is 16.8. The van der Waals surface area contributed by atoms with Gasteiger partial charge in [0.25, 0.3) is 0 Å². The summed E-state index contributed by atoms with van der Waals surface area (Å²) in [6.07, 6.45) is 0.535. The molecule has 0 radical (unpaired) electrons. The Bertz CT molecular complexity index is 1420. The van der Waals surface area contributed by atoms with Crippen molar-refractivity contribution in [3.8, 4) is 23.0 Å². The van der Waals surface area contributed by atoms with Gasteiger partial charge in [0.1, 0.15) is 5.82 Å². The van der Waals surface area contributed by atoms with E-state index in [-0.39, 0.29) is 21.7 Å². The molecule has 1 aromatic heterocycles. The maximum absolute atomic E-state index is 13.4. The number of rotatable bonds is 9. The number of ether oxygens (including phenoxy) is 2. The molecule has 35 heavy (non-hydrogen) atoms. The van der Waals surface area contributed by atoms with Crippen LogP contribution in [0.4, 0.5) is 10.3 Å². The normalized spacial score (nSPS) is 11.3. The van der Waals surface area contributed by atoms with Gasteiger partial charge in [0.15, 0.2) is 11.5 Å². The number of oxazole rings is 1. The predicted molar refractivity (Wildman–Crippen MR) is 131 cm³/mol. The Labute approximate surface area is 207 Å². The Morgan fingerprint density at radius 3 is 2.31 bits per heavy atom. The van der Waals surface area contributed by atoms with Crippen molar-refractivity contribution < 1.29 is 26.7 Å². The SMILES string of the molecule is COc1ccc(CCNc2oc(-c3ccc(Cl)cc3)nc2S(=O)(=O)c2ccc(F)cc2)cc1OC. The second-order valence-electron chi connectivity index (χ2n) is 7.48. The summed E-state index contributed by atoms with van der Waals surface area (Å²) in [4.78, 5) is 4.17. The molecule has 0 aliphatic rings. The number of benzene rings is 3. The average molecular weight is 517 g/mol. The van der Waals surface area contributed by atoms with Crippen molar-refractivity contribution in [2.45, 2.75) is 16.3 Å². The zero-order chi connectivity index (χ0) is 25.0. The summed E-state index contributed by atoms with van der Waals surface area (Å²) in [7, 11) is -0.978. The van der Waals surface area contributed by atoms with Crippen molar-refractivity contribution in [3.63, 3.8) is 0 Å². The van der Waals surface area contributed by atoms with Crippen molar-refractivity contribution >= 4 is 27.3 Å². The Morgan fingerprint density at radius 2 is 1.66 bits per heavy atom. The first-order valence-electron chi connectivity index (χ1n) is 10.5. The number of hydrogen-bond donors (Lipinski definition) is 1. The molecule has 0 unspecified atom stereocenters. The highest BCUT2D eigenvalue weighted by molar-refractivity contribution is 7.91. The van der Waals surface area contributed by atoms with E-state index in [1.807, 2.05) is 12.1 Å². The van der Waals surface area contributed by atoms with Crippen LogP contribution >= 0.6 is 11.6 Å². The third kappa shape index (κ3) is 5.41. The van der Waals surface area contributed by atoms with Gasteiger partial charge in [-0.2, -0.15) is 4.98 Å². The molecule has 0 aliphatic carbocycles. The van der Waals surface area contributed by atoms with Crippen LogP contribution in [0.15, 0.2) is 81.1 Å². The van der Waals surface area contributed by atoms with E-state index >= 15 is 0 Å². The van der Waals surface area contributed by atoms with Crippen molar-refractivity contribution in [3.05, 3.63) is 83.1 Å². The highest BCUT2D eigenvalue weighted by Gasteiger charge is 2.28. The van der Waals surface area contributed by atoms with Crippen molar-refractivity contribution in [2.75, 3.05) is 26.1 Å². The molecule has 0 fully saturated rings. The molecule has 0 aliphatic heterocycles. The van der Waals surface area contributed by atoms with Crippen molar-refractivity contribution in [1.29, 1.82) is 0 Å². The Morgan fingerprint density at radius 1 is 0.971 bits per heavy atom. The molecule has 0 saturated heterocycles. The van der Waals surface area contributed by atoms with Crippen LogP contribution in [0.5, 0.6) is 11.5 Å². The topological polar surface area (TPSA) is 90.7 Å². The van der Waals surface area contributed by atoms with Crippen LogP contribution < -0.4 is 14.8 Å². The van der Waals surface area contributed by atoms with Crippen LogP contribution in [0.25, 0.3) is 11.5 Å². The van der Waals surface area contributed by atoms with Crippen LogP contribution in [0.2, 0.25) is 5.02 Å². The summed E-state index contributed by atoms with van der Waals surface area (Å²) in [5.41, 5.74) is 1.49. The van der Waals surface area contributed by atoms with Gasteiger partial charge in [-0.25, -0.2) is 12.8 Å². The monoisotopic (exact) mass is 516 g/mol. The standard InChI is InChI=1S/C25H22ClFN2O5S/c1-32-21-12-3-16(15-22(21)33-2)13-14-28-24-25(35(30,31)20-10-8-19(27)9-11-20)29-23(34-24)17-4-6-18(26)7-5-17/h3-12,15,28H,13-14H2,1-2H3. The molecule has 0 amide bonds. The zero-order valence-electron chi connectivity index (χ0n) is 18.9. The van der Waals surface area contributed by atoms with Crippen LogP contribution in [0.3, 0.4) is 0 Å². The molecule has 4 aromatic rings. The van der Waals surface area contributed by atoms with Gasteiger partial charge < -0.3 is 19.2 Å². The molecule has 0 spiro atoms. The van der Waals surface area contributed by atoms with Gasteiger partial charge in [0.05, 0.1) is 19.1 Å². The molecule has 1 N–H and O–H groups in total. The molecule has 0 atom stereocenters. The van der Waals surface area contributed by atoms with Gasteiger partial charge in [-0.15, -0.1) is 0 Å². The molecule has 0 saturated carbocycles. The molecular formula is C25H22ClFN2O5S. The molecule has 3 aromatic carbocycles. The smallest absolute Gasteiger partial charge is 0.233 e. The molecule has 4 rings (SSSR count). The highest BCUT2D eigenvalue weighted by atomic mass is 35.5. The van der Waals surface area contributed by atoms with Crippen molar-refractivity contribution in [1.82, 2.24) is 4.98 Å². The lowest BCUT2D eigenvalue weighted by atomic mass is 10.1. The quantitative estimate of drug-likeness (QED) is 0.288. The van der Waals surface area contributed by atoms with Crippen LogP contribution in [0.1, 0.15) is 5.56 Å². The Balaban J connectivity index is 1.64. The molecular weight excluding hydrogens is 495 g/mol. The molecule has 7 nitrogen and oxygen atoms in total. The largest absolute Gasteiger partial charge is 0.493 e. The van der Waals surface area contributed by atoms with Crippen molar-refractivity contribution in [2.24, 2.45) is 0 Å². The van der Waals surface area contributed by atoms with E-state index < -0.39 is 15.7 Å². The molecule has 1 heterocycles. The first kappa shape index (κ1) is 24.6. The van der Waals surface area contributed by atoms with E-state index in [2.05, 4.69) is 10.3 Å². The van der Waals surface area contributed by atoms with E-state index in [1.165, 1.54) is 12.1 Å². The van der Waals surface area contributed by atoms with E-state index in [1.54, 1.807) is 44.6 Å². The summed E-state index contributed by atoms with van der Waals surface area (Å²) < 4.78 is 56.4. The lowest BCUT2D eigenvalue weighted by Gasteiger charge is -2.10. The zero-order valence-corrected chi connectivity index (χ0v) is 20.5. The average Bonchev–Trinajstić information content (AvgIpc) is 3.29. The minimum atomic E-state index is -4.09. The minimum absolute atomic E-state index is 0.0141. The fourth-order valence-corrected chi connectivity index (χ4v) is 4.80. The molecule has 0 bridgehead atoms. The van der Waals surface area contributed by atoms with E-state index in [0.717, 1.165) is 17.7 Å². The summed E-state index contributed by atoms with van der Waals surface area (Å²) in [5, 5.41) is 3.27. The third-order valence-corrected chi connectivity index (χ3v) is 7.14. The van der Waals surface area contributed by atoms with Gasteiger partial charge in [-0.3, -0.25) is 0 Å². The number of methoxy groups -OCH3 is 2. The van der Waals surface area contributed by atoms with Gasteiger partial charge in [-0.05, 0) is 72.6 Å². The van der Waals surface area contributed by atoms with E-state index in [4.69, 9.17) is 25.5 Å². The first-order valence-corrected chi connectivity index (χ1v) is 12.4. The van der Waals surface area contributed by atoms with Gasteiger partial charge in [0, 0.05) is 17.1 Å².